The van der Waals surface area contributed by atoms with Crippen LogP contribution in [-0.4, -0.2) is 75.1 Å². The Morgan fingerprint density at radius 2 is 1.73 bits per heavy atom. The van der Waals surface area contributed by atoms with E-state index in [1.165, 1.54) is 30.9 Å². The van der Waals surface area contributed by atoms with E-state index in [4.69, 9.17) is 4.74 Å². The van der Waals surface area contributed by atoms with Crippen molar-refractivity contribution in [1.82, 2.24) is 15.1 Å². The molecule has 1 fully saturated rings. The highest BCUT2D eigenvalue weighted by Crippen LogP contribution is 2.29. The molecule has 0 aliphatic carbocycles. The topological polar surface area (TPSA) is 83.1 Å². The fourth-order valence-electron chi connectivity index (χ4n) is 3.43. The molecule has 1 aliphatic rings. The Labute approximate surface area is 191 Å². The van der Waals surface area contributed by atoms with Crippen LogP contribution in [0.3, 0.4) is 0 Å². The number of methoxy groups -OCH3 is 1. The maximum atomic E-state index is 12.4. The lowest BCUT2D eigenvalue weighted by Crippen LogP contribution is -2.43. The van der Waals surface area contributed by atoms with E-state index in [2.05, 4.69) is 32.2 Å². The fourth-order valence-corrected chi connectivity index (χ4v) is 3.43. The number of anilines is 1. The number of halogens is 2. The zero-order chi connectivity index (χ0) is 23.8. The predicted molar refractivity (Wildman–Crippen MR) is 120 cm³/mol. The number of piperazine rings is 1. The van der Waals surface area contributed by atoms with Crippen molar-refractivity contribution in [3.63, 3.8) is 0 Å². The van der Waals surface area contributed by atoms with Crippen molar-refractivity contribution < 1.29 is 27.8 Å². The molecule has 2 aromatic rings. The van der Waals surface area contributed by atoms with Crippen molar-refractivity contribution in [2.75, 3.05) is 52.2 Å². The molecular weight excluding hydrogens is 434 g/mol. The molecule has 1 heterocycles. The minimum absolute atomic E-state index is 0.0101. The average molecular weight is 462 g/mol. The largest absolute Gasteiger partial charge is 0.493 e. The molecule has 0 atom stereocenters. The number of likely N-dealkylation sites (N-methyl/N-ethyl adjacent to an activating group) is 1. The average Bonchev–Trinajstić information content (AvgIpc) is 2.80. The lowest BCUT2D eigenvalue weighted by atomic mass is 10.1. The van der Waals surface area contributed by atoms with Crippen LogP contribution in [-0.2, 0) is 11.3 Å². The highest BCUT2D eigenvalue weighted by molar-refractivity contribution is 5.99. The molecule has 10 heteroatoms. The minimum Gasteiger partial charge on any atom is -0.493 e. The van der Waals surface area contributed by atoms with Gasteiger partial charge in [0.2, 0.25) is 5.91 Å². The van der Waals surface area contributed by atoms with Crippen LogP contribution >= 0.6 is 0 Å². The first kappa shape index (κ1) is 24.4. The Morgan fingerprint density at radius 1 is 1.03 bits per heavy atom. The Morgan fingerprint density at radius 3 is 2.36 bits per heavy atom. The first-order chi connectivity index (χ1) is 15.8. The molecule has 178 valence electrons. The lowest BCUT2D eigenvalue weighted by molar-refractivity contribution is -0.115. The van der Waals surface area contributed by atoms with Gasteiger partial charge in [-0.3, -0.25) is 14.5 Å². The number of hydrogen-bond donors (Lipinski definition) is 2. The standard InChI is InChI=1S/C23H28F2N4O4/c1-28-9-11-29(12-10-28)15-16-3-6-18(7-4-16)27-21(30)14-26-22(31)17-5-8-19(33-23(24)25)20(13-17)32-2/h3-8,13,23H,9-12,14-15H2,1-2H3,(H,26,31)(H,27,30). The number of rotatable bonds is 9. The Balaban J connectivity index is 1.47. The Hall–Kier alpha value is -3.24. The molecular formula is C23H28F2N4O4. The number of nitrogens with one attached hydrogen (secondary N) is 2. The summed E-state index contributed by atoms with van der Waals surface area (Å²) >= 11 is 0. The van der Waals surface area contributed by atoms with E-state index in [9.17, 15) is 18.4 Å². The lowest BCUT2D eigenvalue weighted by Gasteiger charge is -2.32. The molecule has 0 aromatic heterocycles. The number of benzene rings is 2. The number of amides is 2. The van der Waals surface area contributed by atoms with Gasteiger partial charge in [-0.25, -0.2) is 0 Å². The van der Waals surface area contributed by atoms with Crippen molar-refractivity contribution >= 4 is 17.5 Å². The van der Waals surface area contributed by atoms with E-state index in [0.717, 1.165) is 32.7 Å². The summed E-state index contributed by atoms with van der Waals surface area (Å²) in [5.74, 6) is -1.13. The molecule has 0 spiro atoms. The summed E-state index contributed by atoms with van der Waals surface area (Å²) in [5, 5.41) is 5.23. The number of ether oxygens (including phenoxy) is 2. The quantitative estimate of drug-likeness (QED) is 0.596. The van der Waals surface area contributed by atoms with E-state index in [1.54, 1.807) is 0 Å². The van der Waals surface area contributed by atoms with Crippen LogP contribution in [0.1, 0.15) is 15.9 Å². The highest BCUT2D eigenvalue weighted by atomic mass is 19.3. The number of carbonyl (C=O) groups excluding carboxylic acids is 2. The van der Waals surface area contributed by atoms with Crippen molar-refractivity contribution in [3.05, 3.63) is 53.6 Å². The van der Waals surface area contributed by atoms with Crippen LogP contribution in [0.2, 0.25) is 0 Å². The molecule has 0 saturated carbocycles. The smallest absolute Gasteiger partial charge is 0.387 e. The van der Waals surface area contributed by atoms with Crippen LogP contribution in [0, 0.1) is 0 Å². The number of carbonyl (C=O) groups is 2. The Kier molecular flexibility index (Phi) is 8.56. The zero-order valence-electron chi connectivity index (χ0n) is 18.6. The van der Waals surface area contributed by atoms with Crippen LogP contribution in [0.4, 0.5) is 14.5 Å². The van der Waals surface area contributed by atoms with Crippen LogP contribution < -0.4 is 20.1 Å². The summed E-state index contributed by atoms with van der Waals surface area (Å²) in [7, 11) is 3.40. The second-order valence-corrected chi connectivity index (χ2v) is 7.75. The Bertz CT molecular complexity index is 948. The van der Waals surface area contributed by atoms with Gasteiger partial charge in [0.25, 0.3) is 5.91 Å². The second-order valence-electron chi connectivity index (χ2n) is 7.75. The van der Waals surface area contributed by atoms with Gasteiger partial charge in [0, 0.05) is 44.0 Å². The van der Waals surface area contributed by atoms with E-state index >= 15 is 0 Å². The van der Waals surface area contributed by atoms with Gasteiger partial charge in [-0.15, -0.1) is 0 Å². The normalized spacial score (nSPS) is 14.7. The van der Waals surface area contributed by atoms with Crippen LogP contribution in [0.15, 0.2) is 42.5 Å². The molecule has 2 N–H and O–H groups in total. The molecule has 1 aliphatic heterocycles. The maximum absolute atomic E-state index is 12.4. The monoisotopic (exact) mass is 462 g/mol. The van der Waals surface area contributed by atoms with Gasteiger partial charge in [-0.05, 0) is 42.9 Å². The van der Waals surface area contributed by atoms with E-state index in [1.807, 2.05) is 24.3 Å². The van der Waals surface area contributed by atoms with Crippen LogP contribution in [0.25, 0.3) is 0 Å². The SMILES string of the molecule is COc1cc(C(=O)NCC(=O)Nc2ccc(CN3CCN(C)CC3)cc2)ccc1OC(F)F. The summed E-state index contributed by atoms with van der Waals surface area (Å²) in [6.07, 6.45) is 0. The molecule has 2 aromatic carbocycles. The van der Waals surface area contributed by atoms with Crippen LogP contribution in [0.5, 0.6) is 11.5 Å². The van der Waals surface area contributed by atoms with Gasteiger partial charge in [0.1, 0.15) is 0 Å². The number of nitrogens with zero attached hydrogens (tertiary/aromatic N) is 2. The van der Waals surface area contributed by atoms with E-state index in [0.29, 0.717) is 5.69 Å². The van der Waals surface area contributed by atoms with Gasteiger partial charge >= 0.3 is 6.61 Å². The summed E-state index contributed by atoms with van der Waals surface area (Å²) in [4.78, 5) is 29.2. The third-order valence-electron chi connectivity index (χ3n) is 5.29. The number of hydrogen-bond acceptors (Lipinski definition) is 6. The first-order valence-electron chi connectivity index (χ1n) is 10.5. The van der Waals surface area contributed by atoms with Crippen molar-refractivity contribution in [2.45, 2.75) is 13.2 Å². The summed E-state index contributed by atoms with van der Waals surface area (Å²) in [6, 6.07) is 11.4. The summed E-state index contributed by atoms with van der Waals surface area (Å²) in [6.45, 7) is 1.77. The highest BCUT2D eigenvalue weighted by Gasteiger charge is 2.16. The van der Waals surface area contributed by atoms with Gasteiger partial charge in [0.05, 0.1) is 13.7 Å². The first-order valence-corrected chi connectivity index (χ1v) is 10.5. The molecule has 1 saturated heterocycles. The summed E-state index contributed by atoms with van der Waals surface area (Å²) in [5.41, 5.74) is 1.94. The predicted octanol–water partition coefficient (Wildman–Crippen LogP) is 2.41. The van der Waals surface area contributed by atoms with Gasteiger partial charge in [-0.1, -0.05) is 12.1 Å². The minimum atomic E-state index is -3.01. The van der Waals surface area contributed by atoms with E-state index < -0.39 is 12.5 Å². The molecule has 0 radical (unpaired) electrons. The molecule has 8 nitrogen and oxygen atoms in total. The maximum Gasteiger partial charge on any atom is 0.387 e. The third-order valence-corrected chi connectivity index (χ3v) is 5.29. The molecule has 2 amide bonds. The van der Waals surface area contributed by atoms with Crippen molar-refractivity contribution in [1.29, 1.82) is 0 Å². The molecule has 0 unspecified atom stereocenters. The second kappa shape index (κ2) is 11.6. The molecule has 3 rings (SSSR count). The number of alkyl halides is 2. The molecule has 33 heavy (non-hydrogen) atoms. The van der Waals surface area contributed by atoms with Crippen molar-refractivity contribution in [2.24, 2.45) is 0 Å². The van der Waals surface area contributed by atoms with Gasteiger partial charge in [0.15, 0.2) is 11.5 Å². The molecule has 0 bridgehead atoms. The van der Waals surface area contributed by atoms with Gasteiger partial charge in [-0.2, -0.15) is 8.78 Å². The third kappa shape index (κ3) is 7.40. The van der Waals surface area contributed by atoms with Gasteiger partial charge < -0.3 is 25.0 Å². The zero-order valence-corrected chi connectivity index (χ0v) is 18.6. The summed E-state index contributed by atoms with van der Waals surface area (Å²) < 4.78 is 34.2. The fraction of sp³-hybridized carbons (Fsp3) is 0.391. The van der Waals surface area contributed by atoms with Crippen molar-refractivity contribution in [3.8, 4) is 11.5 Å². The van der Waals surface area contributed by atoms with E-state index in [-0.39, 0.29) is 29.5 Å².